The molecular weight excluding hydrogens is 380 g/mol. The van der Waals surface area contributed by atoms with Gasteiger partial charge in [0.15, 0.2) is 11.9 Å². The largest absolute Gasteiger partial charge is 0.453 e. The van der Waals surface area contributed by atoms with Gasteiger partial charge in [0.25, 0.3) is 5.91 Å². The molecule has 156 valence electrons. The van der Waals surface area contributed by atoms with Crippen molar-refractivity contribution in [2.75, 3.05) is 11.9 Å². The first-order valence-electron chi connectivity index (χ1n) is 9.35. The van der Waals surface area contributed by atoms with Crippen LogP contribution in [0, 0.1) is 27.9 Å². The normalized spacial score (nSPS) is 22.0. The number of carbonyl (C=O) groups excluding carboxylic acids is 4. The highest BCUT2D eigenvalue weighted by molar-refractivity contribution is 6.04. The van der Waals surface area contributed by atoms with Crippen LogP contribution in [0.2, 0.25) is 0 Å². The maximum absolute atomic E-state index is 12.3. The molecule has 4 atom stereocenters. The molecule has 1 aliphatic rings. The number of benzene rings is 1. The van der Waals surface area contributed by atoms with Crippen molar-refractivity contribution in [3.05, 3.63) is 39.9 Å². The fraction of sp³-hybridized carbons (Fsp3) is 0.500. The molecule has 0 aromatic heterocycles. The fourth-order valence-electron chi connectivity index (χ4n) is 3.61. The molecule has 1 aromatic rings. The van der Waals surface area contributed by atoms with Crippen LogP contribution in [0.25, 0.3) is 0 Å². The van der Waals surface area contributed by atoms with E-state index in [2.05, 4.69) is 5.32 Å². The number of esters is 1. The molecule has 1 aliphatic carbocycles. The Bertz CT molecular complexity index is 836. The number of nitrogens with one attached hydrogen (secondary N) is 1. The Kier molecular flexibility index (Phi) is 7.19. The molecule has 0 spiro atoms. The number of ketones is 2. The monoisotopic (exact) mass is 404 g/mol. The minimum absolute atomic E-state index is 0.186. The highest BCUT2D eigenvalue weighted by atomic mass is 16.6. The van der Waals surface area contributed by atoms with Crippen molar-refractivity contribution in [2.24, 2.45) is 17.8 Å². The first-order valence-corrected chi connectivity index (χ1v) is 9.35. The van der Waals surface area contributed by atoms with E-state index >= 15 is 0 Å². The number of carbonyl (C=O) groups is 4. The van der Waals surface area contributed by atoms with Gasteiger partial charge in [-0.05, 0) is 31.9 Å². The first kappa shape index (κ1) is 22.2. The highest BCUT2D eigenvalue weighted by Crippen LogP contribution is 2.36. The van der Waals surface area contributed by atoms with Crippen molar-refractivity contribution in [1.82, 2.24) is 0 Å². The summed E-state index contributed by atoms with van der Waals surface area (Å²) in [4.78, 5) is 58.7. The van der Waals surface area contributed by atoms with Gasteiger partial charge >= 0.3 is 5.97 Å². The standard InChI is InChI=1S/C20H24N2O7/c1-11-8-18(24)15(16(11)10-22(27)28)9-19(25)29-13(3)20(26)21-17-7-5-4-6-14(17)12(2)23/h4-7,11,13,15-16H,8-10H2,1-3H3,(H,21,26)/t11-,13-,15+,16+/m0/s1. The van der Waals surface area contributed by atoms with Gasteiger partial charge in [0, 0.05) is 28.7 Å². The van der Waals surface area contributed by atoms with Crippen LogP contribution in [0.1, 0.15) is 44.0 Å². The number of hydrogen-bond acceptors (Lipinski definition) is 7. The molecule has 1 fully saturated rings. The summed E-state index contributed by atoms with van der Waals surface area (Å²) < 4.78 is 5.13. The molecule has 1 saturated carbocycles. The van der Waals surface area contributed by atoms with Crippen molar-refractivity contribution in [1.29, 1.82) is 0 Å². The average molecular weight is 404 g/mol. The van der Waals surface area contributed by atoms with Crippen LogP contribution in [-0.2, 0) is 19.1 Å². The first-order chi connectivity index (χ1) is 13.6. The summed E-state index contributed by atoms with van der Waals surface area (Å²) in [5.74, 6) is -3.32. The van der Waals surface area contributed by atoms with Gasteiger partial charge in [-0.25, -0.2) is 0 Å². The summed E-state index contributed by atoms with van der Waals surface area (Å²) in [7, 11) is 0. The van der Waals surface area contributed by atoms with Crippen LogP contribution in [0.5, 0.6) is 0 Å². The van der Waals surface area contributed by atoms with Crippen molar-refractivity contribution >= 4 is 29.1 Å². The van der Waals surface area contributed by atoms with Crippen LogP contribution < -0.4 is 5.32 Å². The summed E-state index contributed by atoms with van der Waals surface area (Å²) in [6.45, 7) is 4.11. The maximum atomic E-state index is 12.3. The van der Waals surface area contributed by atoms with Gasteiger partial charge < -0.3 is 10.1 Å². The molecule has 0 unspecified atom stereocenters. The van der Waals surface area contributed by atoms with Gasteiger partial charge in [-0.2, -0.15) is 0 Å². The number of anilines is 1. The maximum Gasteiger partial charge on any atom is 0.307 e. The molecule has 1 aromatic carbocycles. The Labute approximate surface area is 167 Å². The van der Waals surface area contributed by atoms with Crippen LogP contribution in [0.3, 0.4) is 0 Å². The van der Waals surface area contributed by atoms with Gasteiger partial charge in [0.05, 0.1) is 12.1 Å². The molecule has 0 saturated heterocycles. The number of nitro groups is 1. The lowest BCUT2D eigenvalue weighted by Crippen LogP contribution is -2.33. The SMILES string of the molecule is CC(=O)c1ccccc1NC(=O)[C@H](C)OC(=O)C[C@H]1C(=O)C[C@H](C)[C@H]1C[N+](=O)[O-]. The Morgan fingerprint density at radius 1 is 1.31 bits per heavy atom. The Morgan fingerprint density at radius 2 is 1.97 bits per heavy atom. The topological polar surface area (TPSA) is 133 Å². The number of hydrogen-bond donors (Lipinski definition) is 1. The smallest absolute Gasteiger partial charge is 0.307 e. The Morgan fingerprint density at radius 3 is 2.59 bits per heavy atom. The molecule has 2 rings (SSSR count). The second-order valence-electron chi connectivity index (χ2n) is 7.36. The number of rotatable bonds is 8. The number of Topliss-reactive ketones (excluding diaryl/α,β-unsaturated/α-hetero) is 2. The van der Waals surface area contributed by atoms with Crippen LogP contribution in [0.4, 0.5) is 5.69 Å². The summed E-state index contributed by atoms with van der Waals surface area (Å²) in [5, 5.41) is 13.4. The third kappa shape index (κ3) is 5.69. The molecule has 0 heterocycles. The predicted molar refractivity (Wildman–Crippen MR) is 103 cm³/mol. The van der Waals surface area contributed by atoms with Gasteiger partial charge in [-0.3, -0.25) is 29.3 Å². The summed E-state index contributed by atoms with van der Waals surface area (Å²) in [6, 6.07) is 6.44. The number of para-hydroxylation sites is 1. The van der Waals surface area contributed by atoms with E-state index in [0.717, 1.165) is 0 Å². The van der Waals surface area contributed by atoms with E-state index in [1.165, 1.54) is 13.8 Å². The molecule has 0 bridgehead atoms. The summed E-state index contributed by atoms with van der Waals surface area (Å²) in [5.41, 5.74) is 0.631. The van der Waals surface area contributed by atoms with Gasteiger partial charge in [-0.15, -0.1) is 0 Å². The van der Waals surface area contributed by atoms with E-state index < -0.39 is 34.7 Å². The summed E-state index contributed by atoms with van der Waals surface area (Å²) >= 11 is 0. The second-order valence-corrected chi connectivity index (χ2v) is 7.36. The molecule has 1 amide bonds. The van der Waals surface area contributed by atoms with Crippen LogP contribution in [0.15, 0.2) is 24.3 Å². The predicted octanol–water partition coefficient (Wildman–Crippen LogP) is 2.27. The van der Waals surface area contributed by atoms with E-state index in [1.54, 1.807) is 31.2 Å². The van der Waals surface area contributed by atoms with Crippen molar-refractivity contribution in [2.45, 2.75) is 39.7 Å². The number of amides is 1. The van der Waals surface area contributed by atoms with Gasteiger partial charge in [0.2, 0.25) is 6.54 Å². The minimum atomic E-state index is -1.16. The fourth-order valence-corrected chi connectivity index (χ4v) is 3.61. The lowest BCUT2D eigenvalue weighted by molar-refractivity contribution is -0.490. The van der Waals surface area contributed by atoms with Crippen LogP contribution in [-0.4, -0.2) is 41.0 Å². The molecule has 0 aliphatic heterocycles. The van der Waals surface area contributed by atoms with E-state index in [9.17, 15) is 29.3 Å². The zero-order valence-corrected chi connectivity index (χ0v) is 16.5. The molecule has 9 heteroatoms. The van der Waals surface area contributed by atoms with Gasteiger partial charge in [0.1, 0.15) is 5.78 Å². The van der Waals surface area contributed by atoms with Crippen molar-refractivity contribution in [3.63, 3.8) is 0 Å². The third-order valence-electron chi connectivity index (χ3n) is 5.17. The lowest BCUT2D eigenvalue weighted by atomic mass is 9.88. The number of ether oxygens (including phenoxy) is 1. The molecular formula is C20H24N2O7. The quantitative estimate of drug-likeness (QED) is 0.304. The highest BCUT2D eigenvalue weighted by Gasteiger charge is 2.44. The molecule has 1 N–H and O–H groups in total. The zero-order valence-electron chi connectivity index (χ0n) is 16.5. The van der Waals surface area contributed by atoms with Crippen LogP contribution >= 0.6 is 0 Å². The summed E-state index contributed by atoms with van der Waals surface area (Å²) in [6.07, 6.45) is -1.28. The molecule has 9 nitrogen and oxygen atoms in total. The van der Waals surface area contributed by atoms with E-state index in [0.29, 0.717) is 11.3 Å². The van der Waals surface area contributed by atoms with Gasteiger partial charge in [-0.1, -0.05) is 19.1 Å². The third-order valence-corrected chi connectivity index (χ3v) is 5.17. The molecule has 0 radical (unpaired) electrons. The average Bonchev–Trinajstić information content (AvgIpc) is 2.88. The molecule has 29 heavy (non-hydrogen) atoms. The van der Waals surface area contributed by atoms with Crippen molar-refractivity contribution < 1.29 is 28.8 Å². The second kappa shape index (κ2) is 9.40. The Balaban J connectivity index is 1.98. The minimum Gasteiger partial charge on any atom is -0.453 e. The van der Waals surface area contributed by atoms with E-state index in [-0.39, 0.29) is 36.9 Å². The Hall–Kier alpha value is -3.10. The van der Waals surface area contributed by atoms with E-state index in [1.807, 2.05) is 0 Å². The van der Waals surface area contributed by atoms with Crippen molar-refractivity contribution in [3.8, 4) is 0 Å². The van der Waals surface area contributed by atoms with E-state index in [4.69, 9.17) is 4.74 Å². The number of nitrogens with zero attached hydrogens (tertiary/aromatic N) is 1. The zero-order chi connectivity index (χ0) is 21.7. The lowest BCUT2D eigenvalue weighted by Gasteiger charge is -2.19.